The van der Waals surface area contributed by atoms with E-state index in [4.69, 9.17) is 0 Å². The Morgan fingerprint density at radius 2 is 1.88 bits per heavy atom. The van der Waals surface area contributed by atoms with Crippen molar-refractivity contribution in [1.82, 2.24) is 0 Å². The van der Waals surface area contributed by atoms with Crippen LogP contribution in [0.4, 0.5) is 0 Å². The van der Waals surface area contributed by atoms with Crippen molar-refractivity contribution in [3.05, 3.63) is 34.9 Å². The number of carbonyl (C=O) groups excluding carboxylic acids is 1. The molecule has 6 unspecified atom stereocenters. The van der Waals surface area contributed by atoms with Crippen LogP contribution in [0.1, 0.15) is 53.1 Å². The highest BCUT2D eigenvalue weighted by Crippen LogP contribution is 2.81. The van der Waals surface area contributed by atoms with Crippen LogP contribution in [0.5, 0.6) is 0 Å². The first-order valence-corrected chi connectivity index (χ1v) is 6.92. The van der Waals surface area contributed by atoms with Crippen LogP contribution >= 0.6 is 0 Å². The molecule has 86 valence electrons. The molecule has 4 aliphatic carbocycles. The van der Waals surface area contributed by atoms with Crippen LogP contribution in [0, 0.1) is 23.7 Å². The van der Waals surface area contributed by atoms with E-state index in [1.54, 1.807) is 18.1 Å². The van der Waals surface area contributed by atoms with Crippen molar-refractivity contribution in [3.8, 4) is 0 Å². The van der Waals surface area contributed by atoms with Gasteiger partial charge in [-0.05, 0) is 72.5 Å². The molecule has 5 rings (SSSR count). The van der Waals surface area contributed by atoms with Crippen molar-refractivity contribution in [3.63, 3.8) is 0 Å². The first-order valence-electron chi connectivity index (χ1n) is 6.92. The average molecular weight is 224 g/mol. The largest absolute Gasteiger partial charge is 0.295 e. The minimum absolute atomic E-state index is 0.216. The van der Waals surface area contributed by atoms with E-state index in [2.05, 4.69) is 12.1 Å². The third kappa shape index (κ3) is 0.821. The quantitative estimate of drug-likeness (QED) is 0.668. The molecular weight excluding hydrogens is 208 g/mol. The minimum Gasteiger partial charge on any atom is -0.295 e. The second-order valence-corrected chi connectivity index (χ2v) is 6.51. The van der Waals surface area contributed by atoms with Crippen molar-refractivity contribution in [1.29, 1.82) is 0 Å². The van der Waals surface area contributed by atoms with E-state index in [1.807, 2.05) is 6.07 Å². The summed E-state index contributed by atoms with van der Waals surface area (Å²) in [4.78, 5) is 11.5. The van der Waals surface area contributed by atoms with Crippen LogP contribution in [0.25, 0.3) is 0 Å². The second-order valence-electron chi connectivity index (χ2n) is 6.51. The predicted octanol–water partition coefficient (Wildman–Crippen LogP) is 3.36. The first kappa shape index (κ1) is 8.91. The van der Waals surface area contributed by atoms with Gasteiger partial charge in [-0.1, -0.05) is 12.1 Å². The Hall–Kier alpha value is -1.11. The van der Waals surface area contributed by atoms with Crippen LogP contribution < -0.4 is 0 Å². The molecule has 1 nitrogen and oxygen atoms in total. The summed E-state index contributed by atoms with van der Waals surface area (Å²) >= 11 is 0. The number of ketones is 1. The fourth-order valence-electron chi connectivity index (χ4n) is 5.37. The molecule has 3 fully saturated rings. The maximum atomic E-state index is 11.5. The smallest absolute Gasteiger partial charge is 0.159 e. The number of carbonyl (C=O) groups is 1. The van der Waals surface area contributed by atoms with Crippen LogP contribution in [0.2, 0.25) is 0 Å². The number of fused-ring (bicyclic) bond motifs is 7. The van der Waals surface area contributed by atoms with Crippen molar-refractivity contribution in [2.75, 3.05) is 0 Å². The van der Waals surface area contributed by atoms with Gasteiger partial charge in [0.25, 0.3) is 0 Å². The number of rotatable bonds is 1. The normalized spacial score (nSPS) is 46.9. The van der Waals surface area contributed by atoms with Crippen molar-refractivity contribution < 1.29 is 4.79 Å². The third-order valence-corrected chi connectivity index (χ3v) is 6.10. The fourth-order valence-corrected chi connectivity index (χ4v) is 5.37. The summed E-state index contributed by atoms with van der Waals surface area (Å²) in [5.74, 6) is 5.97. The van der Waals surface area contributed by atoms with Gasteiger partial charge in [0.05, 0.1) is 0 Å². The van der Waals surface area contributed by atoms with Gasteiger partial charge >= 0.3 is 0 Å². The molecule has 0 heterocycles. The highest BCUT2D eigenvalue weighted by Gasteiger charge is 2.73. The number of Topliss-reactive ketones (excluding diaryl/α,β-unsaturated/α-hetero) is 1. The summed E-state index contributed by atoms with van der Waals surface area (Å²) in [7, 11) is 0. The summed E-state index contributed by atoms with van der Waals surface area (Å²) in [6.07, 6.45) is 2.92. The first-order chi connectivity index (χ1) is 8.27. The highest BCUT2D eigenvalue weighted by molar-refractivity contribution is 5.94. The maximum absolute atomic E-state index is 11.5. The molecule has 0 aliphatic heterocycles. The van der Waals surface area contributed by atoms with Gasteiger partial charge in [0.15, 0.2) is 5.78 Å². The van der Waals surface area contributed by atoms with Crippen LogP contribution in [-0.4, -0.2) is 5.78 Å². The lowest BCUT2D eigenvalue weighted by molar-refractivity contribution is 0.101. The Bertz CT molecular complexity index is 559. The van der Waals surface area contributed by atoms with Gasteiger partial charge < -0.3 is 0 Å². The third-order valence-electron chi connectivity index (χ3n) is 6.10. The van der Waals surface area contributed by atoms with Gasteiger partial charge in [-0.2, -0.15) is 0 Å². The second kappa shape index (κ2) is 2.50. The van der Waals surface area contributed by atoms with E-state index in [0.29, 0.717) is 0 Å². The molecule has 0 N–H and O–H groups in total. The van der Waals surface area contributed by atoms with Crippen molar-refractivity contribution in [2.45, 2.75) is 31.6 Å². The molecular formula is C16H16O. The lowest BCUT2D eigenvalue weighted by atomic mass is 9.69. The Morgan fingerprint density at radius 3 is 2.59 bits per heavy atom. The summed E-state index contributed by atoms with van der Waals surface area (Å²) in [5.41, 5.74) is 4.07. The van der Waals surface area contributed by atoms with Crippen LogP contribution in [0.3, 0.4) is 0 Å². The molecule has 3 saturated carbocycles. The van der Waals surface area contributed by atoms with E-state index in [0.717, 1.165) is 41.1 Å². The van der Waals surface area contributed by atoms with Gasteiger partial charge in [-0.15, -0.1) is 0 Å². The van der Waals surface area contributed by atoms with Crippen LogP contribution in [0.15, 0.2) is 18.2 Å². The average Bonchev–Trinajstić information content (AvgIpc) is 2.81. The Balaban J connectivity index is 1.69. The molecule has 0 radical (unpaired) electrons. The van der Waals surface area contributed by atoms with Gasteiger partial charge in [0.2, 0.25) is 0 Å². The zero-order valence-corrected chi connectivity index (χ0v) is 10.0. The molecule has 0 spiro atoms. The number of benzene rings is 1. The lowest BCUT2D eigenvalue weighted by Crippen LogP contribution is -2.26. The molecule has 0 amide bonds. The minimum atomic E-state index is 0.216. The van der Waals surface area contributed by atoms with E-state index in [1.165, 1.54) is 12.8 Å². The van der Waals surface area contributed by atoms with Crippen LogP contribution in [-0.2, 0) is 0 Å². The monoisotopic (exact) mass is 224 g/mol. The standard InChI is InChI=1S/C16H16O/c1-7(17)8-2-3-11-12(6-8)13-9-4-5-10(9)14-15(11)16(13)14/h2-3,6,9-10,13-16H,4-5H2,1H3. The Kier molecular flexibility index (Phi) is 1.31. The molecule has 0 saturated heterocycles. The Morgan fingerprint density at radius 1 is 1.06 bits per heavy atom. The lowest BCUT2D eigenvalue weighted by Gasteiger charge is -2.36. The van der Waals surface area contributed by atoms with Crippen molar-refractivity contribution >= 4 is 5.78 Å². The molecule has 1 aromatic rings. The van der Waals surface area contributed by atoms with Gasteiger partial charge in [0.1, 0.15) is 0 Å². The maximum Gasteiger partial charge on any atom is 0.159 e. The van der Waals surface area contributed by atoms with Gasteiger partial charge in [-0.3, -0.25) is 4.79 Å². The molecule has 1 heteroatoms. The number of hydrogen-bond acceptors (Lipinski definition) is 1. The molecule has 4 aliphatic rings. The van der Waals surface area contributed by atoms with E-state index in [9.17, 15) is 4.79 Å². The summed E-state index contributed by atoms with van der Waals surface area (Å²) in [5, 5.41) is 0. The molecule has 6 atom stereocenters. The zero-order chi connectivity index (χ0) is 11.3. The molecule has 17 heavy (non-hydrogen) atoms. The van der Waals surface area contributed by atoms with Gasteiger partial charge in [0, 0.05) is 5.56 Å². The molecule has 0 bridgehead atoms. The summed E-state index contributed by atoms with van der Waals surface area (Å²) in [6, 6.07) is 6.52. The summed E-state index contributed by atoms with van der Waals surface area (Å²) < 4.78 is 0. The SMILES string of the molecule is CC(=O)c1ccc2c(c1)C1C3CCC3C3C2C13. The Labute approximate surface area is 101 Å². The molecule has 0 aromatic heterocycles. The van der Waals surface area contributed by atoms with Gasteiger partial charge in [-0.25, -0.2) is 0 Å². The van der Waals surface area contributed by atoms with E-state index < -0.39 is 0 Å². The zero-order valence-electron chi connectivity index (χ0n) is 10.0. The van der Waals surface area contributed by atoms with Crippen molar-refractivity contribution in [2.24, 2.45) is 23.7 Å². The van der Waals surface area contributed by atoms with E-state index >= 15 is 0 Å². The van der Waals surface area contributed by atoms with E-state index in [-0.39, 0.29) is 5.78 Å². The number of hydrogen-bond donors (Lipinski definition) is 0. The predicted molar refractivity (Wildman–Crippen MR) is 65.1 cm³/mol. The topological polar surface area (TPSA) is 17.1 Å². The highest BCUT2D eigenvalue weighted by atomic mass is 16.1. The fraction of sp³-hybridized carbons (Fsp3) is 0.562. The summed E-state index contributed by atoms with van der Waals surface area (Å²) in [6.45, 7) is 1.68. The molecule has 1 aromatic carbocycles.